The summed E-state index contributed by atoms with van der Waals surface area (Å²) < 4.78 is 0. The van der Waals surface area contributed by atoms with Crippen LogP contribution >= 0.6 is 23.2 Å². The summed E-state index contributed by atoms with van der Waals surface area (Å²) in [6.45, 7) is 1.81. The molecule has 0 saturated heterocycles. The van der Waals surface area contributed by atoms with Crippen LogP contribution in [0.4, 0.5) is 10.6 Å². The van der Waals surface area contributed by atoms with Crippen molar-refractivity contribution in [2.45, 2.75) is 13.3 Å². The summed E-state index contributed by atoms with van der Waals surface area (Å²) in [7, 11) is 0. The molecule has 2 rings (SSSR count). The fourth-order valence-corrected chi connectivity index (χ4v) is 2.43. The van der Waals surface area contributed by atoms with E-state index in [1.165, 1.54) is 6.07 Å². The number of amides is 1. The van der Waals surface area contributed by atoms with E-state index in [4.69, 9.17) is 34.2 Å². The fourth-order valence-electron chi connectivity index (χ4n) is 1.92. The minimum atomic E-state index is -1.45. The van der Waals surface area contributed by atoms with Crippen LogP contribution in [0.1, 0.15) is 12.5 Å². The van der Waals surface area contributed by atoms with Crippen molar-refractivity contribution in [3.05, 3.63) is 32.2 Å². The first kappa shape index (κ1) is 14.6. The van der Waals surface area contributed by atoms with Crippen molar-refractivity contribution in [2.75, 3.05) is 5.01 Å². The van der Waals surface area contributed by atoms with Gasteiger partial charge in [-0.05, 0) is 18.1 Å². The zero-order valence-electron chi connectivity index (χ0n) is 10.3. The van der Waals surface area contributed by atoms with E-state index in [2.05, 4.69) is 9.97 Å². The van der Waals surface area contributed by atoms with Crippen molar-refractivity contribution >= 4 is 46.0 Å². The van der Waals surface area contributed by atoms with E-state index in [1.54, 1.807) is 0 Å². The number of hydrogen-bond acceptors (Lipinski definition) is 4. The molecule has 0 aliphatic rings. The number of anilines is 1. The van der Waals surface area contributed by atoms with Gasteiger partial charge in [-0.1, -0.05) is 30.1 Å². The second-order valence-electron chi connectivity index (χ2n) is 3.95. The molecule has 1 aromatic heterocycles. The molecular weight excluding hydrogens is 307 g/mol. The Morgan fingerprint density at radius 2 is 2.20 bits per heavy atom. The molecule has 1 heterocycles. The number of nitrogens with one attached hydrogen (secondary N) is 1. The molecule has 0 aliphatic carbocycles. The second-order valence-corrected chi connectivity index (χ2v) is 4.73. The third kappa shape index (κ3) is 2.31. The molecule has 0 unspecified atom stereocenters. The van der Waals surface area contributed by atoms with E-state index < -0.39 is 11.8 Å². The van der Waals surface area contributed by atoms with Gasteiger partial charge in [0.25, 0.3) is 0 Å². The number of aromatic amines is 1. The van der Waals surface area contributed by atoms with Gasteiger partial charge in [0, 0.05) is 5.39 Å². The topological polar surface area (TPSA) is 112 Å². The highest BCUT2D eigenvalue weighted by atomic mass is 35.5. The van der Waals surface area contributed by atoms with E-state index >= 15 is 0 Å². The van der Waals surface area contributed by atoms with Crippen molar-refractivity contribution in [3.63, 3.8) is 0 Å². The Labute approximate surface area is 122 Å². The van der Waals surface area contributed by atoms with Crippen LogP contribution in [0.3, 0.4) is 0 Å². The van der Waals surface area contributed by atoms with Gasteiger partial charge in [0.15, 0.2) is 5.82 Å². The Bertz CT molecular complexity index is 759. The normalized spacial score (nSPS) is 10.8. The lowest BCUT2D eigenvalue weighted by Gasteiger charge is -2.16. The molecule has 106 valence electrons. The number of aryl methyl sites for hydroxylation is 1. The molecule has 1 amide bonds. The predicted molar refractivity (Wildman–Crippen MR) is 76.5 cm³/mol. The predicted octanol–water partition coefficient (Wildman–Crippen LogP) is 2.15. The van der Waals surface area contributed by atoms with E-state index in [9.17, 15) is 9.59 Å². The number of aromatic nitrogens is 2. The van der Waals surface area contributed by atoms with Gasteiger partial charge in [-0.15, -0.1) is 0 Å². The van der Waals surface area contributed by atoms with Crippen LogP contribution in [0.5, 0.6) is 0 Å². The number of carboxylic acid groups (broad SMARTS) is 1. The molecule has 0 aliphatic heterocycles. The van der Waals surface area contributed by atoms with E-state index in [0.717, 1.165) is 0 Å². The lowest BCUT2D eigenvalue weighted by atomic mass is 10.1. The van der Waals surface area contributed by atoms with Crippen molar-refractivity contribution in [1.82, 2.24) is 9.97 Å². The van der Waals surface area contributed by atoms with Gasteiger partial charge in [0.05, 0.1) is 15.6 Å². The molecule has 4 N–H and O–H groups in total. The minimum Gasteiger partial charge on any atom is -0.464 e. The third-order valence-corrected chi connectivity index (χ3v) is 3.60. The molecule has 0 radical (unpaired) electrons. The summed E-state index contributed by atoms with van der Waals surface area (Å²) >= 11 is 12.1. The zero-order chi connectivity index (χ0) is 15.0. The van der Waals surface area contributed by atoms with Gasteiger partial charge in [-0.3, -0.25) is 0 Å². The number of fused-ring (bicyclic) bond motifs is 1. The summed E-state index contributed by atoms with van der Waals surface area (Å²) in [5.41, 5.74) is 0.150. The monoisotopic (exact) mass is 316 g/mol. The van der Waals surface area contributed by atoms with Crippen LogP contribution in [-0.2, 0) is 6.42 Å². The van der Waals surface area contributed by atoms with Crippen LogP contribution in [-0.4, -0.2) is 21.2 Å². The van der Waals surface area contributed by atoms with Gasteiger partial charge in [-0.25, -0.2) is 15.4 Å². The van der Waals surface area contributed by atoms with Crippen molar-refractivity contribution in [3.8, 4) is 0 Å². The summed E-state index contributed by atoms with van der Waals surface area (Å²) in [6, 6.07) is 1.43. The van der Waals surface area contributed by atoms with Crippen LogP contribution in [0.25, 0.3) is 10.9 Å². The third-order valence-electron chi connectivity index (χ3n) is 2.78. The van der Waals surface area contributed by atoms with Gasteiger partial charge < -0.3 is 10.1 Å². The number of halogens is 2. The van der Waals surface area contributed by atoms with Gasteiger partial charge in [0.1, 0.15) is 0 Å². The van der Waals surface area contributed by atoms with Crippen LogP contribution in [0.15, 0.2) is 10.9 Å². The molecule has 9 heteroatoms. The number of carbonyl (C=O) groups is 1. The smallest absolute Gasteiger partial charge is 0.427 e. The Balaban J connectivity index is 2.97. The van der Waals surface area contributed by atoms with Crippen LogP contribution in [0.2, 0.25) is 10.0 Å². The Hall–Kier alpha value is -1.83. The zero-order valence-corrected chi connectivity index (χ0v) is 11.8. The number of rotatable bonds is 2. The molecule has 20 heavy (non-hydrogen) atoms. The maximum Gasteiger partial charge on any atom is 0.427 e. The highest BCUT2D eigenvalue weighted by molar-refractivity contribution is 6.43. The summed E-state index contributed by atoms with van der Waals surface area (Å²) in [5, 5.41) is 10.2. The number of hydrazine groups is 1. The molecule has 0 atom stereocenters. The van der Waals surface area contributed by atoms with E-state index in [-0.39, 0.29) is 15.9 Å². The second kappa shape index (κ2) is 5.28. The largest absolute Gasteiger partial charge is 0.464 e. The Morgan fingerprint density at radius 1 is 1.55 bits per heavy atom. The highest BCUT2D eigenvalue weighted by Crippen LogP contribution is 2.35. The van der Waals surface area contributed by atoms with Gasteiger partial charge in [-0.2, -0.15) is 9.99 Å². The Morgan fingerprint density at radius 3 is 2.75 bits per heavy atom. The van der Waals surface area contributed by atoms with Gasteiger partial charge >= 0.3 is 11.8 Å². The van der Waals surface area contributed by atoms with E-state index in [1.807, 2.05) is 6.92 Å². The molecule has 0 fully saturated rings. The maximum absolute atomic E-state index is 11.5. The SMILES string of the molecule is CCc1c(Cl)c(Cl)cc2[nH]c(=O)nc(N(N)C(=O)O)c12. The molecule has 7 nitrogen and oxygen atoms in total. The summed E-state index contributed by atoms with van der Waals surface area (Å²) in [4.78, 5) is 28.6. The number of nitrogens with two attached hydrogens (primary N) is 1. The van der Waals surface area contributed by atoms with Crippen LogP contribution < -0.4 is 16.5 Å². The lowest BCUT2D eigenvalue weighted by Crippen LogP contribution is -2.38. The fraction of sp³-hybridized carbons (Fsp3) is 0.182. The molecule has 1 aromatic carbocycles. The van der Waals surface area contributed by atoms with Crippen molar-refractivity contribution in [2.24, 2.45) is 5.84 Å². The molecular formula is C11H10Cl2N4O3. The Kier molecular flexibility index (Phi) is 3.85. The lowest BCUT2D eigenvalue weighted by molar-refractivity contribution is 0.202. The first-order valence-corrected chi connectivity index (χ1v) is 6.31. The number of hydrogen-bond donors (Lipinski definition) is 3. The first-order valence-electron chi connectivity index (χ1n) is 5.55. The number of H-pyrrole nitrogens is 1. The average Bonchev–Trinajstić information content (AvgIpc) is 2.38. The molecule has 0 bridgehead atoms. The molecule has 0 spiro atoms. The van der Waals surface area contributed by atoms with Crippen LogP contribution in [0, 0.1) is 0 Å². The number of benzene rings is 1. The molecule has 0 saturated carbocycles. The number of nitrogens with zero attached hydrogens (tertiary/aromatic N) is 2. The van der Waals surface area contributed by atoms with E-state index in [0.29, 0.717) is 27.9 Å². The standard InChI is InChI=1S/C11H10Cl2N4O3/c1-2-4-7-6(3-5(12)8(4)13)15-10(18)16-9(7)17(14)11(19)20/h3H,2,14H2,1H3,(H,19,20)(H,15,16,18). The quantitative estimate of drug-likeness (QED) is 0.446. The maximum atomic E-state index is 11.5. The average molecular weight is 317 g/mol. The summed E-state index contributed by atoms with van der Waals surface area (Å²) in [6.07, 6.45) is -0.984. The summed E-state index contributed by atoms with van der Waals surface area (Å²) in [5.74, 6) is 5.24. The van der Waals surface area contributed by atoms with Crippen molar-refractivity contribution < 1.29 is 9.90 Å². The van der Waals surface area contributed by atoms with Crippen molar-refractivity contribution in [1.29, 1.82) is 0 Å². The molecule has 2 aromatic rings. The highest BCUT2D eigenvalue weighted by Gasteiger charge is 2.21. The minimum absolute atomic E-state index is 0.188. The van der Waals surface area contributed by atoms with Gasteiger partial charge in [0.2, 0.25) is 0 Å². The first-order chi connectivity index (χ1) is 9.36.